The van der Waals surface area contributed by atoms with Gasteiger partial charge in [0.05, 0.1) is 6.61 Å². The largest absolute Gasteiger partial charge is 0.472 e. The van der Waals surface area contributed by atoms with E-state index >= 15 is 0 Å². The summed E-state index contributed by atoms with van der Waals surface area (Å²) in [5.41, 5.74) is 1.05. The van der Waals surface area contributed by atoms with E-state index < -0.39 is 0 Å². The second kappa shape index (κ2) is 8.51. The van der Waals surface area contributed by atoms with Gasteiger partial charge in [-0.25, -0.2) is 4.98 Å². The van der Waals surface area contributed by atoms with Crippen LogP contribution in [-0.2, 0) is 11.3 Å². The molecule has 0 radical (unpaired) electrons. The van der Waals surface area contributed by atoms with E-state index in [2.05, 4.69) is 40.1 Å². The fraction of sp³-hybridized carbons (Fsp3) is 0.643. The highest BCUT2D eigenvalue weighted by atomic mass is 79.9. The lowest BCUT2D eigenvalue weighted by atomic mass is 10.2. The Labute approximate surface area is 124 Å². The maximum atomic E-state index is 5.84. The molecule has 0 aliphatic carbocycles. The maximum absolute atomic E-state index is 5.84. The highest BCUT2D eigenvalue weighted by Crippen LogP contribution is 2.21. The Morgan fingerprint density at radius 3 is 2.74 bits per heavy atom. The number of ether oxygens (including phenoxy) is 2. The third kappa shape index (κ3) is 6.36. The highest BCUT2D eigenvalue weighted by molar-refractivity contribution is 9.10. The summed E-state index contributed by atoms with van der Waals surface area (Å²) in [5, 5.41) is 3.37. The molecule has 0 spiro atoms. The number of hydrogen-bond acceptors (Lipinski definition) is 4. The van der Waals surface area contributed by atoms with E-state index in [0.29, 0.717) is 25.1 Å². The lowest BCUT2D eigenvalue weighted by Gasteiger charge is -2.17. The lowest BCUT2D eigenvalue weighted by Crippen LogP contribution is -2.24. The van der Waals surface area contributed by atoms with Crippen molar-refractivity contribution >= 4 is 15.9 Å². The maximum Gasteiger partial charge on any atom is 0.218 e. The van der Waals surface area contributed by atoms with Gasteiger partial charge in [-0.2, -0.15) is 0 Å². The van der Waals surface area contributed by atoms with Gasteiger partial charge in [0.15, 0.2) is 0 Å². The fourth-order valence-electron chi connectivity index (χ4n) is 1.52. The van der Waals surface area contributed by atoms with Crippen LogP contribution in [0.2, 0.25) is 0 Å². The number of aromatic nitrogens is 1. The van der Waals surface area contributed by atoms with Crippen molar-refractivity contribution in [2.75, 3.05) is 13.2 Å². The summed E-state index contributed by atoms with van der Waals surface area (Å²) in [5.74, 6) is 0.670. The Morgan fingerprint density at radius 2 is 2.11 bits per heavy atom. The van der Waals surface area contributed by atoms with Crippen LogP contribution >= 0.6 is 15.9 Å². The van der Waals surface area contributed by atoms with Crippen LogP contribution in [-0.4, -0.2) is 30.3 Å². The van der Waals surface area contributed by atoms with Crippen LogP contribution in [0.4, 0.5) is 0 Å². The molecule has 1 unspecified atom stereocenters. The van der Waals surface area contributed by atoms with Crippen molar-refractivity contribution in [1.29, 1.82) is 0 Å². The molecule has 1 atom stereocenters. The monoisotopic (exact) mass is 330 g/mol. The molecule has 0 saturated carbocycles. The number of hydrogen-bond donors (Lipinski definition) is 1. The van der Waals surface area contributed by atoms with Crippen molar-refractivity contribution in [3.8, 4) is 5.88 Å². The van der Waals surface area contributed by atoms with Crippen LogP contribution in [0, 0.1) is 0 Å². The molecule has 0 aromatic carbocycles. The second-order valence-electron chi connectivity index (χ2n) is 4.74. The Bertz CT molecular complexity index is 386. The first-order valence-corrected chi connectivity index (χ1v) is 7.44. The van der Waals surface area contributed by atoms with E-state index in [1.54, 1.807) is 6.20 Å². The molecule has 0 aliphatic heterocycles. The zero-order valence-electron chi connectivity index (χ0n) is 12.1. The molecule has 0 amide bonds. The summed E-state index contributed by atoms with van der Waals surface area (Å²) in [6.07, 6.45) is 1.74. The lowest BCUT2D eigenvalue weighted by molar-refractivity contribution is 0.0627. The van der Waals surface area contributed by atoms with Gasteiger partial charge >= 0.3 is 0 Å². The van der Waals surface area contributed by atoms with Crippen LogP contribution in [0.3, 0.4) is 0 Å². The number of halogens is 1. The molecule has 1 N–H and O–H groups in total. The number of pyridine rings is 1. The van der Waals surface area contributed by atoms with Gasteiger partial charge in [0.2, 0.25) is 5.88 Å². The van der Waals surface area contributed by atoms with Gasteiger partial charge in [-0.1, -0.05) is 13.8 Å². The smallest absolute Gasteiger partial charge is 0.218 e. The molecule has 0 saturated heterocycles. The molecule has 5 heteroatoms. The molecule has 0 bridgehead atoms. The van der Waals surface area contributed by atoms with E-state index in [1.165, 1.54) is 0 Å². The minimum atomic E-state index is -0.00794. The van der Waals surface area contributed by atoms with Crippen molar-refractivity contribution < 1.29 is 9.47 Å². The molecule has 1 heterocycles. The van der Waals surface area contributed by atoms with Gasteiger partial charge in [0, 0.05) is 35.4 Å². The molecule has 19 heavy (non-hydrogen) atoms. The van der Waals surface area contributed by atoms with Crippen molar-refractivity contribution in [2.24, 2.45) is 0 Å². The Hall–Kier alpha value is -0.650. The quantitative estimate of drug-likeness (QED) is 0.795. The Kier molecular flexibility index (Phi) is 7.34. The van der Waals surface area contributed by atoms with Crippen LogP contribution < -0.4 is 10.1 Å². The standard InChI is InChI=1S/C14H23BrN2O2/c1-5-18-9-11(4)19-14-12(7-16-10(2)3)6-13(15)8-17-14/h6,8,10-11,16H,5,7,9H2,1-4H3. The molecule has 0 fully saturated rings. The van der Waals surface area contributed by atoms with Crippen LogP contribution in [0.15, 0.2) is 16.7 Å². The molecule has 1 rings (SSSR count). The first-order chi connectivity index (χ1) is 9.02. The minimum Gasteiger partial charge on any atom is -0.472 e. The second-order valence-corrected chi connectivity index (χ2v) is 5.66. The van der Waals surface area contributed by atoms with E-state index in [0.717, 1.165) is 16.6 Å². The molecular formula is C14H23BrN2O2. The fourth-order valence-corrected chi connectivity index (χ4v) is 1.90. The average Bonchev–Trinajstić information content (AvgIpc) is 2.36. The molecule has 1 aromatic rings. The van der Waals surface area contributed by atoms with Gasteiger partial charge in [-0.3, -0.25) is 0 Å². The van der Waals surface area contributed by atoms with Crippen LogP contribution in [0.25, 0.3) is 0 Å². The topological polar surface area (TPSA) is 43.4 Å². The number of nitrogens with one attached hydrogen (secondary N) is 1. The Balaban J connectivity index is 2.69. The normalized spacial score (nSPS) is 12.7. The first kappa shape index (κ1) is 16.4. The van der Waals surface area contributed by atoms with E-state index in [-0.39, 0.29) is 6.10 Å². The Morgan fingerprint density at radius 1 is 1.37 bits per heavy atom. The molecule has 0 aliphatic rings. The SMILES string of the molecule is CCOCC(C)Oc1ncc(Br)cc1CNC(C)C. The van der Waals surface area contributed by atoms with Crippen molar-refractivity contribution in [3.05, 3.63) is 22.3 Å². The van der Waals surface area contributed by atoms with Gasteiger partial charge in [-0.15, -0.1) is 0 Å². The molecular weight excluding hydrogens is 308 g/mol. The molecule has 4 nitrogen and oxygen atoms in total. The van der Waals surface area contributed by atoms with E-state index in [4.69, 9.17) is 9.47 Å². The van der Waals surface area contributed by atoms with E-state index in [9.17, 15) is 0 Å². The summed E-state index contributed by atoms with van der Waals surface area (Å²) < 4.78 is 12.1. The summed E-state index contributed by atoms with van der Waals surface area (Å²) >= 11 is 3.44. The zero-order chi connectivity index (χ0) is 14.3. The summed E-state index contributed by atoms with van der Waals surface area (Å²) in [6.45, 7) is 10.2. The third-order valence-electron chi connectivity index (χ3n) is 2.46. The third-order valence-corrected chi connectivity index (χ3v) is 2.90. The predicted octanol–water partition coefficient (Wildman–Crippen LogP) is 3.15. The predicted molar refractivity (Wildman–Crippen MR) is 80.5 cm³/mol. The highest BCUT2D eigenvalue weighted by Gasteiger charge is 2.11. The number of rotatable bonds is 8. The minimum absolute atomic E-state index is 0.00794. The zero-order valence-corrected chi connectivity index (χ0v) is 13.7. The van der Waals surface area contributed by atoms with Crippen LogP contribution in [0.5, 0.6) is 5.88 Å². The van der Waals surface area contributed by atoms with Crippen LogP contribution in [0.1, 0.15) is 33.3 Å². The van der Waals surface area contributed by atoms with Crippen molar-refractivity contribution in [2.45, 2.75) is 46.4 Å². The van der Waals surface area contributed by atoms with Gasteiger partial charge < -0.3 is 14.8 Å². The van der Waals surface area contributed by atoms with Gasteiger partial charge in [-0.05, 0) is 35.8 Å². The van der Waals surface area contributed by atoms with Gasteiger partial charge in [0.25, 0.3) is 0 Å². The van der Waals surface area contributed by atoms with Gasteiger partial charge in [0.1, 0.15) is 6.10 Å². The summed E-state index contributed by atoms with van der Waals surface area (Å²) in [7, 11) is 0. The summed E-state index contributed by atoms with van der Waals surface area (Å²) in [6, 6.07) is 2.46. The van der Waals surface area contributed by atoms with E-state index in [1.807, 2.05) is 19.9 Å². The first-order valence-electron chi connectivity index (χ1n) is 6.65. The average molecular weight is 331 g/mol. The van der Waals surface area contributed by atoms with Crippen molar-refractivity contribution in [1.82, 2.24) is 10.3 Å². The summed E-state index contributed by atoms with van der Waals surface area (Å²) in [4.78, 5) is 4.34. The van der Waals surface area contributed by atoms with Crippen molar-refractivity contribution in [3.63, 3.8) is 0 Å². The molecule has 1 aromatic heterocycles. The number of nitrogens with zero attached hydrogens (tertiary/aromatic N) is 1. The molecule has 108 valence electrons.